The van der Waals surface area contributed by atoms with Gasteiger partial charge in [-0.3, -0.25) is 4.21 Å². The molecule has 2 N–H and O–H groups in total. The lowest BCUT2D eigenvalue weighted by atomic mass is 10.1. The van der Waals surface area contributed by atoms with Crippen LogP contribution in [0.3, 0.4) is 0 Å². The van der Waals surface area contributed by atoms with Crippen molar-refractivity contribution in [2.45, 2.75) is 25.1 Å². The molecule has 0 fully saturated rings. The summed E-state index contributed by atoms with van der Waals surface area (Å²) in [7, 11) is -1.01. The van der Waals surface area contributed by atoms with Crippen LogP contribution in [0.1, 0.15) is 19.4 Å². The van der Waals surface area contributed by atoms with Gasteiger partial charge in [0.2, 0.25) is 0 Å². The Kier molecular flexibility index (Phi) is 4.80. The molecule has 0 aliphatic rings. The predicted molar refractivity (Wildman–Crippen MR) is 71.4 cm³/mol. The van der Waals surface area contributed by atoms with E-state index in [1.807, 2.05) is 13.8 Å². The fourth-order valence-corrected chi connectivity index (χ4v) is 3.36. The highest BCUT2D eigenvalue weighted by atomic mass is 35.5. The summed E-state index contributed by atoms with van der Waals surface area (Å²) in [6, 6.07) is 5.20. The molecule has 0 saturated heterocycles. The minimum Gasteiger partial charge on any atom is -0.325 e. The van der Waals surface area contributed by atoms with Gasteiger partial charge < -0.3 is 5.73 Å². The van der Waals surface area contributed by atoms with E-state index in [0.29, 0.717) is 21.6 Å². The van der Waals surface area contributed by atoms with Crippen LogP contribution in [0.15, 0.2) is 18.2 Å². The van der Waals surface area contributed by atoms with Crippen molar-refractivity contribution in [3.63, 3.8) is 0 Å². The lowest BCUT2D eigenvalue weighted by molar-refractivity contribution is 0.577. The van der Waals surface area contributed by atoms with E-state index in [2.05, 4.69) is 0 Å². The Morgan fingerprint density at radius 3 is 2.50 bits per heavy atom. The third kappa shape index (κ3) is 4.83. The molecule has 90 valence electrons. The summed E-state index contributed by atoms with van der Waals surface area (Å²) in [4.78, 5) is 0. The second kappa shape index (κ2) is 5.50. The molecule has 0 heterocycles. The standard InChI is InChI=1S/C11H15Cl2NOS/c1-11(2,14)7-16(15)6-8-3-4-9(12)5-10(8)13/h3-5H,6-7,14H2,1-2H3. The van der Waals surface area contributed by atoms with E-state index in [-0.39, 0.29) is 0 Å². The third-order valence-corrected chi connectivity index (χ3v) is 4.15. The van der Waals surface area contributed by atoms with Gasteiger partial charge in [-0.05, 0) is 31.5 Å². The van der Waals surface area contributed by atoms with Gasteiger partial charge in [0.05, 0.1) is 5.75 Å². The van der Waals surface area contributed by atoms with Crippen LogP contribution in [0.5, 0.6) is 0 Å². The average molecular weight is 280 g/mol. The number of rotatable bonds is 4. The van der Waals surface area contributed by atoms with Gasteiger partial charge in [0.15, 0.2) is 0 Å². The second-order valence-corrected chi connectivity index (χ2v) is 6.75. The maximum atomic E-state index is 11.8. The van der Waals surface area contributed by atoms with Crippen LogP contribution >= 0.6 is 23.2 Å². The van der Waals surface area contributed by atoms with Crippen molar-refractivity contribution in [3.05, 3.63) is 33.8 Å². The number of benzene rings is 1. The quantitative estimate of drug-likeness (QED) is 0.921. The molecule has 1 rings (SSSR count). The fourth-order valence-electron chi connectivity index (χ4n) is 1.28. The maximum Gasteiger partial charge on any atom is 0.0501 e. The molecule has 0 radical (unpaired) electrons. The summed E-state index contributed by atoms with van der Waals surface area (Å²) >= 11 is 11.8. The molecular formula is C11H15Cl2NOS. The molecule has 0 saturated carbocycles. The van der Waals surface area contributed by atoms with Crippen LogP contribution in [-0.4, -0.2) is 15.5 Å². The van der Waals surface area contributed by atoms with Crippen LogP contribution in [0.25, 0.3) is 0 Å². The highest BCUT2D eigenvalue weighted by Crippen LogP contribution is 2.22. The van der Waals surface area contributed by atoms with E-state index < -0.39 is 16.3 Å². The molecule has 0 aliphatic heterocycles. The molecule has 0 aromatic heterocycles. The van der Waals surface area contributed by atoms with Gasteiger partial charge >= 0.3 is 0 Å². The van der Waals surface area contributed by atoms with Crippen LogP contribution in [0.2, 0.25) is 10.0 Å². The zero-order valence-corrected chi connectivity index (χ0v) is 11.6. The molecule has 1 atom stereocenters. The van der Waals surface area contributed by atoms with Gasteiger partial charge in [-0.25, -0.2) is 0 Å². The van der Waals surface area contributed by atoms with E-state index >= 15 is 0 Å². The van der Waals surface area contributed by atoms with Gasteiger partial charge in [-0.2, -0.15) is 0 Å². The molecule has 0 spiro atoms. The first kappa shape index (κ1) is 14.0. The van der Waals surface area contributed by atoms with Crippen molar-refractivity contribution in [2.24, 2.45) is 5.73 Å². The molecular weight excluding hydrogens is 265 g/mol. The normalized spacial score (nSPS) is 13.8. The summed E-state index contributed by atoms with van der Waals surface area (Å²) in [5.41, 5.74) is 6.22. The summed E-state index contributed by atoms with van der Waals surface area (Å²) in [6.07, 6.45) is 0. The number of hydrogen-bond acceptors (Lipinski definition) is 2. The van der Waals surface area contributed by atoms with Gasteiger partial charge in [-0.15, -0.1) is 0 Å². The smallest absolute Gasteiger partial charge is 0.0501 e. The highest BCUT2D eigenvalue weighted by molar-refractivity contribution is 7.84. The van der Waals surface area contributed by atoms with E-state index in [0.717, 1.165) is 5.56 Å². The van der Waals surface area contributed by atoms with Crippen LogP contribution in [0, 0.1) is 0 Å². The lowest BCUT2D eigenvalue weighted by Gasteiger charge is -2.17. The van der Waals surface area contributed by atoms with Gasteiger partial charge in [-0.1, -0.05) is 29.3 Å². The molecule has 16 heavy (non-hydrogen) atoms. The van der Waals surface area contributed by atoms with E-state index in [4.69, 9.17) is 28.9 Å². The van der Waals surface area contributed by atoms with Gasteiger partial charge in [0.1, 0.15) is 0 Å². The molecule has 1 aromatic rings. The first-order valence-corrected chi connectivity index (χ1v) is 7.10. The van der Waals surface area contributed by atoms with Crippen molar-refractivity contribution >= 4 is 34.0 Å². The molecule has 0 aliphatic carbocycles. The summed E-state index contributed by atoms with van der Waals surface area (Å²) < 4.78 is 11.8. The zero-order valence-electron chi connectivity index (χ0n) is 9.30. The zero-order chi connectivity index (χ0) is 12.3. The van der Waals surface area contributed by atoms with E-state index in [1.54, 1.807) is 18.2 Å². The van der Waals surface area contributed by atoms with E-state index in [1.165, 1.54) is 0 Å². The minimum atomic E-state index is -1.01. The summed E-state index contributed by atoms with van der Waals surface area (Å²) in [5, 5.41) is 1.13. The van der Waals surface area contributed by atoms with E-state index in [9.17, 15) is 4.21 Å². The Labute approximate surface area is 109 Å². The number of halogens is 2. The Balaban J connectivity index is 2.70. The lowest BCUT2D eigenvalue weighted by Crippen LogP contribution is -2.38. The Hall–Kier alpha value is -0.0900. The number of hydrogen-bond donors (Lipinski definition) is 1. The Morgan fingerprint density at radius 2 is 2.00 bits per heavy atom. The van der Waals surface area contributed by atoms with Crippen molar-refractivity contribution in [1.82, 2.24) is 0 Å². The minimum absolute atomic E-state index is 0.413. The van der Waals surface area contributed by atoms with Crippen molar-refractivity contribution in [1.29, 1.82) is 0 Å². The van der Waals surface area contributed by atoms with Crippen LogP contribution in [-0.2, 0) is 16.6 Å². The average Bonchev–Trinajstić information content (AvgIpc) is 2.06. The molecule has 1 aromatic carbocycles. The molecule has 1 unspecified atom stereocenters. The van der Waals surface area contributed by atoms with Crippen LogP contribution < -0.4 is 5.73 Å². The molecule has 5 heteroatoms. The van der Waals surface area contributed by atoms with Gasteiger partial charge in [0, 0.05) is 32.1 Å². The summed E-state index contributed by atoms with van der Waals surface area (Å²) in [5.74, 6) is 0.864. The topological polar surface area (TPSA) is 43.1 Å². The highest BCUT2D eigenvalue weighted by Gasteiger charge is 2.16. The predicted octanol–water partition coefficient (Wildman–Crippen LogP) is 2.98. The third-order valence-electron chi connectivity index (χ3n) is 1.86. The molecule has 0 bridgehead atoms. The van der Waals surface area contributed by atoms with Crippen molar-refractivity contribution in [2.75, 3.05) is 5.75 Å². The fraction of sp³-hybridized carbons (Fsp3) is 0.455. The van der Waals surface area contributed by atoms with Crippen LogP contribution in [0.4, 0.5) is 0 Å². The number of nitrogens with two attached hydrogens (primary N) is 1. The first-order chi connectivity index (χ1) is 7.28. The first-order valence-electron chi connectivity index (χ1n) is 4.86. The largest absolute Gasteiger partial charge is 0.325 e. The Morgan fingerprint density at radius 1 is 1.38 bits per heavy atom. The molecule has 0 amide bonds. The van der Waals surface area contributed by atoms with Crippen molar-refractivity contribution in [3.8, 4) is 0 Å². The molecule has 2 nitrogen and oxygen atoms in total. The van der Waals surface area contributed by atoms with Gasteiger partial charge in [0.25, 0.3) is 0 Å². The SMILES string of the molecule is CC(C)(N)CS(=O)Cc1ccc(Cl)cc1Cl. The maximum absolute atomic E-state index is 11.8. The summed E-state index contributed by atoms with van der Waals surface area (Å²) in [6.45, 7) is 3.71. The monoisotopic (exact) mass is 279 g/mol. The van der Waals surface area contributed by atoms with Crippen molar-refractivity contribution < 1.29 is 4.21 Å². The Bertz CT molecular complexity index is 401. The second-order valence-electron chi connectivity index (χ2n) is 4.45.